The smallest absolute Gasteiger partial charge is 0.305 e. The number of amides is 1. The number of halogens is 1. The molecule has 0 spiro atoms. The van der Waals surface area contributed by atoms with Crippen LogP contribution < -0.4 is 0 Å². The molecule has 0 aromatic heterocycles. The zero-order chi connectivity index (χ0) is 19.6. The molecule has 0 saturated carbocycles. The van der Waals surface area contributed by atoms with Crippen LogP contribution in [0, 0.1) is 19.7 Å². The normalized spacial score (nSPS) is 17.0. The van der Waals surface area contributed by atoms with Crippen LogP contribution in [-0.4, -0.2) is 47.7 Å². The molecule has 3 rings (SSSR count). The number of ether oxygens (including phenoxy) is 1. The van der Waals surface area contributed by atoms with Crippen LogP contribution in [0.15, 0.2) is 36.4 Å². The van der Waals surface area contributed by atoms with Crippen molar-refractivity contribution in [3.63, 3.8) is 0 Å². The Balaban J connectivity index is 1.87. The average molecular weight is 371 g/mol. The zero-order valence-electron chi connectivity index (χ0n) is 15.4. The van der Waals surface area contributed by atoms with Crippen LogP contribution in [0.2, 0.25) is 0 Å². The van der Waals surface area contributed by atoms with Crippen LogP contribution in [0.1, 0.15) is 27.9 Å². The Morgan fingerprint density at radius 2 is 1.85 bits per heavy atom. The molecule has 2 aromatic rings. The number of nitrogens with zero attached hydrogens (tertiary/aromatic N) is 1. The molecule has 27 heavy (non-hydrogen) atoms. The number of carboxylic acids is 1. The number of benzene rings is 2. The van der Waals surface area contributed by atoms with Crippen molar-refractivity contribution < 1.29 is 23.8 Å². The predicted octanol–water partition coefficient (Wildman–Crippen LogP) is 3.43. The molecule has 2 aromatic carbocycles. The molecule has 1 fully saturated rings. The number of rotatable bonds is 4. The molecule has 1 aliphatic heterocycles. The lowest BCUT2D eigenvalue weighted by Crippen LogP contribution is -2.49. The second-order valence-corrected chi connectivity index (χ2v) is 6.82. The van der Waals surface area contributed by atoms with E-state index >= 15 is 0 Å². The van der Waals surface area contributed by atoms with Crippen molar-refractivity contribution in [1.29, 1.82) is 0 Å². The zero-order valence-corrected chi connectivity index (χ0v) is 15.4. The van der Waals surface area contributed by atoms with E-state index in [0.29, 0.717) is 12.2 Å². The van der Waals surface area contributed by atoms with Gasteiger partial charge in [0.15, 0.2) is 0 Å². The van der Waals surface area contributed by atoms with Crippen LogP contribution in [0.5, 0.6) is 0 Å². The lowest BCUT2D eigenvalue weighted by molar-refractivity contribution is -0.139. The van der Waals surface area contributed by atoms with Gasteiger partial charge in [-0.05, 0) is 48.2 Å². The van der Waals surface area contributed by atoms with E-state index in [-0.39, 0.29) is 25.1 Å². The molecule has 0 radical (unpaired) electrons. The maximum Gasteiger partial charge on any atom is 0.305 e. The molecule has 142 valence electrons. The van der Waals surface area contributed by atoms with Gasteiger partial charge in [0.1, 0.15) is 5.82 Å². The van der Waals surface area contributed by atoms with E-state index in [1.807, 2.05) is 32.0 Å². The lowest BCUT2D eigenvalue weighted by Gasteiger charge is -2.35. The maximum absolute atomic E-state index is 14.7. The highest BCUT2D eigenvalue weighted by atomic mass is 19.1. The number of hydrogen-bond donors (Lipinski definition) is 1. The van der Waals surface area contributed by atoms with Crippen LogP contribution in [-0.2, 0) is 9.53 Å². The molecule has 1 aliphatic rings. The third-order valence-electron chi connectivity index (χ3n) is 4.94. The predicted molar refractivity (Wildman–Crippen MR) is 99.2 cm³/mol. The minimum atomic E-state index is -1.02. The SMILES string of the molecule is Cc1ccc(-c2ccc(C(=O)N3CCOCC3CC(=O)O)c(F)c2)cc1C. The Labute approximate surface area is 157 Å². The Morgan fingerprint density at radius 1 is 1.15 bits per heavy atom. The molecule has 1 unspecified atom stereocenters. The van der Waals surface area contributed by atoms with Crippen LogP contribution in [0.3, 0.4) is 0 Å². The van der Waals surface area contributed by atoms with Crippen LogP contribution in [0.25, 0.3) is 11.1 Å². The van der Waals surface area contributed by atoms with Gasteiger partial charge < -0.3 is 14.7 Å². The van der Waals surface area contributed by atoms with E-state index in [0.717, 1.165) is 16.7 Å². The summed E-state index contributed by atoms with van der Waals surface area (Å²) in [5, 5.41) is 9.03. The quantitative estimate of drug-likeness (QED) is 0.894. The summed E-state index contributed by atoms with van der Waals surface area (Å²) in [5.41, 5.74) is 3.78. The standard InChI is InChI=1S/C21H22FNO4/c1-13-3-4-15(9-14(13)2)16-5-6-18(19(22)10-16)21(26)23-7-8-27-12-17(23)11-20(24)25/h3-6,9-10,17H,7-8,11-12H2,1-2H3,(H,24,25). The number of hydrogen-bond acceptors (Lipinski definition) is 3. The summed E-state index contributed by atoms with van der Waals surface area (Å²) < 4.78 is 20.0. The summed E-state index contributed by atoms with van der Waals surface area (Å²) >= 11 is 0. The molecule has 1 atom stereocenters. The summed E-state index contributed by atoms with van der Waals surface area (Å²) in [7, 11) is 0. The first kappa shape index (κ1) is 19.0. The Kier molecular flexibility index (Phi) is 5.56. The fourth-order valence-corrected chi connectivity index (χ4v) is 3.24. The molecular formula is C21H22FNO4. The van der Waals surface area contributed by atoms with Crippen molar-refractivity contribution in [2.45, 2.75) is 26.3 Å². The van der Waals surface area contributed by atoms with Crippen LogP contribution >= 0.6 is 0 Å². The number of aliphatic carboxylic acids is 1. The van der Waals surface area contributed by atoms with Crippen molar-refractivity contribution in [3.05, 3.63) is 58.9 Å². The van der Waals surface area contributed by atoms with E-state index in [1.54, 1.807) is 6.07 Å². The van der Waals surface area contributed by atoms with Gasteiger partial charge in [-0.1, -0.05) is 24.3 Å². The van der Waals surface area contributed by atoms with Gasteiger partial charge in [-0.3, -0.25) is 9.59 Å². The molecule has 1 heterocycles. The fraction of sp³-hybridized carbons (Fsp3) is 0.333. The molecule has 1 saturated heterocycles. The van der Waals surface area contributed by atoms with E-state index in [4.69, 9.17) is 9.84 Å². The highest BCUT2D eigenvalue weighted by Crippen LogP contribution is 2.25. The van der Waals surface area contributed by atoms with Crippen molar-refractivity contribution in [2.24, 2.45) is 0 Å². The molecule has 0 bridgehead atoms. The number of aryl methyl sites for hydroxylation is 2. The fourth-order valence-electron chi connectivity index (χ4n) is 3.24. The lowest BCUT2D eigenvalue weighted by atomic mass is 9.99. The van der Waals surface area contributed by atoms with Gasteiger partial charge in [-0.25, -0.2) is 4.39 Å². The van der Waals surface area contributed by atoms with E-state index in [1.165, 1.54) is 17.0 Å². The summed E-state index contributed by atoms with van der Waals surface area (Å²) in [6, 6.07) is 9.82. The Morgan fingerprint density at radius 3 is 2.52 bits per heavy atom. The minimum Gasteiger partial charge on any atom is -0.481 e. The van der Waals surface area contributed by atoms with Gasteiger partial charge in [-0.15, -0.1) is 0 Å². The maximum atomic E-state index is 14.7. The summed E-state index contributed by atoms with van der Waals surface area (Å²) in [6.45, 7) is 4.70. The highest BCUT2D eigenvalue weighted by molar-refractivity contribution is 5.95. The largest absolute Gasteiger partial charge is 0.481 e. The number of carbonyl (C=O) groups excluding carboxylic acids is 1. The Bertz CT molecular complexity index is 880. The monoisotopic (exact) mass is 371 g/mol. The van der Waals surface area contributed by atoms with Crippen molar-refractivity contribution in [1.82, 2.24) is 4.90 Å². The van der Waals surface area contributed by atoms with Crippen molar-refractivity contribution in [3.8, 4) is 11.1 Å². The van der Waals surface area contributed by atoms with Gasteiger partial charge in [0.05, 0.1) is 31.2 Å². The third-order valence-corrected chi connectivity index (χ3v) is 4.94. The number of morpholine rings is 1. The van der Waals surface area contributed by atoms with E-state index in [9.17, 15) is 14.0 Å². The van der Waals surface area contributed by atoms with Gasteiger partial charge in [-0.2, -0.15) is 0 Å². The summed E-state index contributed by atoms with van der Waals surface area (Å²) in [5.74, 6) is -2.14. The van der Waals surface area contributed by atoms with Gasteiger partial charge in [0, 0.05) is 6.54 Å². The topological polar surface area (TPSA) is 66.8 Å². The van der Waals surface area contributed by atoms with Gasteiger partial charge in [0.25, 0.3) is 5.91 Å². The van der Waals surface area contributed by atoms with Gasteiger partial charge in [0.2, 0.25) is 0 Å². The average Bonchev–Trinajstić information content (AvgIpc) is 2.63. The number of carbonyl (C=O) groups is 2. The summed E-state index contributed by atoms with van der Waals surface area (Å²) in [6.07, 6.45) is -0.228. The van der Waals surface area contributed by atoms with E-state index < -0.39 is 23.7 Å². The van der Waals surface area contributed by atoms with Crippen molar-refractivity contribution in [2.75, 3.05) is 19.8 Å². The van der Waals surface area contributed by atoms with Crippen molar-refractivity contribution >= 4 is 11.9 Å². The number of carboxylic acid groups (broad SMARTS) is 1. The third kappa shape index (κ3) is 4.17. The minimum absolute atomic E-state index is 0.0557. The Hall–Kier alpha value is -2.73. The first-order chi connectivity index (χ1) is 12.9. The summed E-state index contributed by atoms with van der Waals surface area (Å²) in [4.78, 5) is 25.2. The molecule has 5 nitrogen and oxygen atoms in total. The second-order valence-electron chi connectivity index (χ2n) is 6.82. The highest BCUT2D eigenvalue weighted by Gasteiger charge is 2.31. The molecule has 1 amide bonds. The molecule has 6 heteroatoms. The first-order valence-electron chi connectivity index (χ1n) is 8.84. The molecule has 0 aliphatic carbocycles. The van der Waals surface area contributed by atoms with Gasteiger partial charge >= 0.3 is 5.97 Å². The first-order valence-corrected chi connectivity index (χ1v) is 8.84. The molecular weight excluding hydrogens is 349 g/mol. The van der Waals surface area contributed by atoms with E-state index in [2.05, 4.69) is 0 Å². The van der Waals surface area contributed by atoms with Crippen LogP contribution in [0.4, 0.5) is 4.39 Å². The molecule has 1 N–H and O–H groups in total. The second kappa shape index (κ2) is 7.88.